The van der Waals surface area contributed by atoms with Gasteiger partial charge >= 0.3 is 0 Å². The Bertz CT molecular complexity index is 2180. The van der Waals surface area contributed by atoms with Crippen LogP contribution in [0, 0.1) is 0 Å². The standard InChI is InChI=1S/C37H25N5/c1-2-8-29-28(7-1)21-34(24-13-15-25(16-14-24)35-22-38-30-9-3-5-11-32(30)40-35)42-37(29)27-19-17-26(18-20-27)36-23-39-31-10-4-6-12-33(31)41-36/h1-13,15-24H,14H2. The fraction of sp³-hybridized carbons (Fsp3) is 0.0541. The molecule has 0 amide bonds. The number of rotatable bonds is 4. The summed E-state index contributed by atoms with van der Waals surface area (Å²) in [5, 5.41) is 2.33. The van der Waals surface area contributed by atoms with Crippen LogP contribution in [0.4, 0.5) is 0 Å². The van der Waals surface area contributed by atoms with Crippen LogP contribution in [-0.4, -0.2) is 24.9 Å². The van der Waals surface area contributed by atoms with Crippen molar-refractivity contribution in [2.75, 3.05) is 0 Å². The van der Waals surface area contributed by atoms with Crippen LogP contribution in [0.2, 0.25) is 0 Å². The molecule has 5 heteroatoms. The lowest BCUT2D eigenvalue weighted by Crippen LogP contribution is -2.03. The number of hydrogen-bond acceptors (Lipinski definition) is 5. The molecule has 8 rings (SSSR count). The molecular formula is C37H25N5. The first-order valence-electron chi connectivity index (χ1n) is 14.1. The quantitative estimate of drug-likeness (QED) is 0.224. The van der Waals surface area contributed by atoms with Gasteiger partial charge in [0.05, 0.1) is 51.5 Å². The normalized spacial score (nSPS) is 14.9. The molecule has 0 saturated heterocycles. The Balaban J connectivity index is 1.11. The van der Waals surface area contributed by atoms with E-state index in [1.54, 1.807) is 0 Å². The molecule has 1 unspecified atom stereocenters. The van der Waals surface area contributed by atoms with Crippen molar-refractivity contribution in [2.45, 2.75) is 12.3 Å². The molecule has 1 aliphatic rings. The van der Waals surface area contributed by atoms with Crippen molar-refractivity contribution in [1.29, 1.82) is 0 Å². The van der Waals surface area contributed by atoms with E-state index in [0.717, 1.165) is 73.3 Å². The van der Waals surface area contributed by atoms with Crippen molar-refractivity contribution >= 4 is 38.4 Å². The second-order valence-corrected chi connectivity index (χ2v) is 10.5. The first kappa shape index (κ1) is 24.3. The van der Waals surface area contributed by atoms with Crippen LogP contribution in [0.25, 0.3) is 60.9 Å². The van der Waals surface area contributed by atoms with E-state index in [0.29, 0.717) is 0 Å². The molecule has 198 valence electrons. The highest BCUT2D eigenvalue weighted by Gasteiger charge is 2.18. The summed E-state index contributed by atoms with van der Waals surface area (Å²) in [5.41, 5.74) is 10.6. The van der Waals surface area contributed by atoms with Crippen molar-refractivity contribution in [2.24, 2.45) is 0 Å². The molecule has 5 nitrogen and oxygen atoms in total. The van der Waals surface area contributed by atoms with E-state index in [1.165, 1.54) is 5.39 Å². The number of benzene rings is 4. The summed E-state index contributed by atoms with van der Waals surface area (Å²) in [6.07, 6.45) is 11.2. The first-order chi connectivity index (χ1) is 20.8. The molecule has 1 atom stereocenters. The topological polar surface area (TPSA) is 64.5 Å². The minimum absolute atomic E-state index is 0.178. The summed E-state index contributed by atoms with van der Waals surface area (Å²) >= 11 is 0. The van der Waals surface area contributed by atoms with Crippen LogP contribution in [-0.2, 0) is 0 Å². The molecule has 0 N–H and O–H groups in total. The number of fused-ring (bicyclic) bond motifs is 3. The number of para-hydroxylation sites is 4. The van der Waals surface area contributed by atoms with Gasteiger partial charge in [0.2, 0.25) is 0 Å². The molecule has 0 radical (unpaired) electrons. The third-order valence-electron chi connectivity index (χ3n) is 7.89. The van der Waals surface area contributed by atoms with E-state index in [4.69, 9.17) is 15.0 Å². The van der Waals surface area contributed by atoms with Crippen LogP contribution in [0.5, 0.6) is 0 Å². The van der Waals surface area contributed by atoms with Crippen LogP contribution < -0.4 is 0 Å². The van der Waals surface area contributed by atoms with Gasteiger partial charge in [-0.3, -0.25) is 15.0 Å². The van der Waals surface area contributed by atoms with Crippen LogP contribution in [0.3, 0.4) is 0 Å². The summed E-state index contributed by atoms with van der Waals surface area (Å²) in [6.45, 7) is 0. The number of allylic oxidation sites excluding steroid dienone is 4. The zero-order valence-corrected chi connectivity index (χ0v) is 22.7. The molecule has 3 aromatic heterocycles. The average Bonchev–Trinajstić information content (AvgIpc) is 3.07. The summed E-state index contributed by atoms with van der Waals surface area (Å²) < 4.78 is 0. The highest BCUT2D eigenvalue weighted by molar-refractivity contribution is 5.95. The van der Waals surface area contributed by atoms with Gasteiger partial charge in [0.15, 0.2) is 0 Å². The van der Waals surface area contributed by atoms with E-state index in [-0.39, 0.29) is 5.92 Å². The molecule has 0 fully saturated rings. The lowest BCUT2D eigenvalue weighted by molar-refractivity contribution is 0.822. The third kappa shape index (κ3) is 4.41. The number of aromatic nitrogens is 5. The molecule has 3 heterocycles. The fourth-order valence-electron chi connectivity index (χ4n) is 5.65. The minimum atomic E-state index is 0.178. The molecule has 0 spiro atoms. The zero-order chi connectivity index (χ0) is 27.9. The number of pyridine rings is 1. The predicted octanol–water partition coefficient (Wildman–Crippen LogP) is 8.58. The average molecular weight is 540 g/mol. The molecule has 42 heavy (non-hydrogen) atoms. The smallest absolute Gasteiger partial charge is 0.0894 e. The lowest BCUT2D eigenvalue weighted by Gasteiger charge is -2.18. The highest BCUT2D eigenvalue weighted by Crippen LogP contribution is 2.35. The van der Waals surface area contributed by atoms with Crippen molar-refractivity contribution in [3.8, 4) is 22.5 Å². The molecule has 0 bridgehead atoms. The van der Waals surface area contributed by atoms with E-state index in [2.05, 4.69) is 82.8 Å². The Morgan fingerprint density at radius 2 is 1.19 bits per heavy atom. The summed E-state index contributed by atoms with van der Waals surface area (Å²) in [7, 11) is 0. The maximum Gasteiger partial charge on any atom is 0.0894 e. The van der Waals surface area contributed by atoms with Gasteiger partial charge in [0.1, 0.15) is 0 Å². The summed E-state index contributed by atoms with van der Waals surface area (Å²) in [5.74, 6) is 0.178. The number of hydrogen-bond donors (Lipinski definition) is 0. The van der Waals surface area contributed by atoms with Gasteiger partial charge in [-0.05, 0) is 47.7 Å². The van der Waals surface area contributed by atoms with Crippen LogP contribution in [0.15, 0.2) is 134 Å². The summed E-state index contributed by atoms with van der Waals surface area (Å²) in [4.78, 5) is 24.1. The maximum atomic E-state index is 5.24. The fourth-order valence-corrected chi connectivity index (χ4v) is 5.65. The molecule has 0 saturated carbocycles. The SMILES string of the molecule is C1=CC(c2cc3ccccc3c(-c3ccc(-c4cnc5ccccc5n4)cc3)n2)CC=C1c1cnc2ccccc2n1. The Morgan fingerprint density at radius 1 is 0.571 bits per heavy atom. The highest BCUT2D eigenvalue weighted by atomic mass is 14.8. The monoisotopic (exact) mass is 539 g/mol. The second-order valence-electron chi connectivity index (χ2n) is 10.5. The van der Waals surface area contributed by atoms with Gasteiger partial charge in [-0.2, -0.15) is 0 Å². The molecule has 1 aliphatic carbocycles. The van der Waals surface area contributed by atoms with Crippen LogP contribution >= 0.6 is 0 Å². The van der Waals surface area contributed by atoms with Gasteiger partial charge in [-0.1, -0.05) is 91.0 Å². The van der Waals surface area contributed by atoms with Crippen molar-refractivity contribution in [3.63, 3.8) is 0 Å². The van der Waals surface area contributed by atoms with E-state index in [1.807, 2.05) is 60.9 Å². The Hall–Kier alpha value is -5.55. The van der Waals surface area contributed by atoms with Crippen molar-refractivity contribution < 1.29 is 0 Å². The van der Waals surface area contributed by atoms with Gasteiger partial charge in [0, 0.05) is 28.1 Å². The number of nitrogens with zero attached hydrogens (tertiary/aromatic N) is 5. The summed E-state index contributed by atoms with van der Waals surface area (Å²) in [6, 6.07) is 35.1. The largest absolute Gasteiger partial charge is 0.252 e. The molecule has 4 aromatic carbocycles. The first-order valence-corrected chi connectivity index (χ1v) is 14.1. The Morgan fingerprint density at radius 3 is 1.90 bits per heavy atom. The lowest BCUT2D eigenvalue weighted by atomic mass is 9.91. The van der Waals surface area contributed by atoms with Gasteiger partial charge in [-0.25, -0.2) is 9.97 Å². The molecule has 7 aromatic rings. The third-order valence-corrected chi connectivity index (χ3v) is 7.89. The maximum absolute atomic E-state index is 5.24. The van der Waals surface area contributed by atoms with Crippen molar-refractivity contribution in [1.82, 2.24) is 24.9 Å². The molecule has 0 aliphatic heterocycles. The van der Waals surface area contributed by atoms with E-state index in [9.17, 15) is 0 Å². The van der Waals surface area contributed by atoms with Gasteiger partial charge in [-0.15, -0.1) is 0 Å². The van der Waals surface area contributed by atoms with Crippen LogP contribution in [0.1, 0.15) is 23.7 Å². The molecular weight excluding hydrogens is 514 g/mol. The van der Waals surface area contributed by atoms with Gasteiger partial charge in [0.25, 0.3) is 0 Å². The Kier molecular flexibility index (Phi) is 5.85. The van der Waals surface area contributed by atoms with Crippen molar-refractivity contribution in [3.05, 3.63) is 145 Å². The minimum Gasteiger partial charge on any atom is -0.252 e. The zero-order valence-electron chi connectivity index (χ0n) is 22.7. The Labute approximate surface area is 243 Å². The van der Waals surface area contributed by atoms with Gasteiger partial charge < -0.3 is 0 Å². The predicted molar refractivity (Wildman–Crippen MR) is 170 cm³/mol. The second kappa shape index (κ2) is 10.1. The van der Waals surface area contributed by atoms with E-state index < -0.39 is 0 Å². The van der Waals surface area contributed by atoms with E-state index >= 15 is 0 Å².